The lowest BCUT2D eigenvalue weighted by atomic mass is 10.2. The number of fused-ring (bicyclic) bond motifs is 1. The van der Waals surface area contributed by atoms with E-state index in [0.717, 1.165) is 10.2 Å². The van der Waals surface area contributed by atoms with Gasteiger partial charge in [0.25, 0.3) is 0 Å². The molecule has 1 N–H and O–H groups in total. The largest absolute Gasteiger partial charge is 0.507 e. The normalized spacial score (nSPS) is 11.9. The first-order valence-corrected chi connectivity index (χ1v) is 8.41. The van der Waals surface area contributed by atoms with E-state index in [-0.39, 0.29) is 17.9 Å². The van der Waals surface area contributed by atoms with Gasteiger partial charge in [0, 0.05) is 5.02 Å². The molecule has 4 nitrogen and oxygen atoms in total. The van der Waals surface area contributed by atoms with Gasteiger partial charge in [0.2, 0.25) is 0 Å². The highest BCUT2D eigenvalue weighted by atomic mass is 35.5. The van der Waals surface area contributed by atoms with Gasteiger partial charge < -0.3 is 9.84 Å². The van der Waals surface area contributed by atoms with Crippen molar-refractivity contribution >= 4 is 50.3 Å². The Morgan fingerprint density at radius 1 is 1.25 bits per heavy atom. The van der Waals surface area contributed by atoms with Crippen molar-refractivity contribution in [1.29, 1.82) is 5.26 Å². The Bertz CT molecular complexity index is 943. The van der Waals surface area contributed by atoms with E-state index in [0.29, 0.717) is 20.8 Å². The zero-order valence-electron chi connectivity index (χ0n) is 12.2. The first-order chi connectivity index (χ1) is 11.6. The van der Waals surface area contributed by atoms with Crippen molar-refractivity contribution in [1.82, 2.24) is 4.98 Å². The van der Waals surface area contributed by atoms with Crippen LogP contribution in [0.15, 0.2) is 48.2 Å². The van der Waals surface area contributed by atoms with E-state index in [1.54, 1.807) is 12.1 Å². The Morgan fingerprint density at radius 3 is 2.75 bits per heavy atom. The second-order valence-corrected chi connectivity index (χ2v) is 6.66. The van der Waals surface area contributed by atoms with Gasteiger partial charge in [-0.2, -0.15) is 5.26 Å². The van der Waals surface area contributed by atoms with Crippen LogP contribution in [-0.4, -0.2) is 16.7 Å². The van der Waals surface area contributed by atoms with E-state index >= 15 is 0 Å². The van der Waals surface area contributed by atoms with Gasteiger partial charge in [-0.05, 0) is 30.3 Å². The highest BCUT2D eigenvalue weighted by Gasteiger charge is 2.14. The summed E-state index contributed by atoms with van der Waals surface area (Å²) in [4.78, 5) is 4.37. The fraction of sp³-hybridized carbons (Fsp3) is 0.0588. The molecule has 1 aromatic heterocycles. The van der Waals surface area contributed by atoms with Crippen LogP contribution in [0.1, 0.15) is 5.01 Å². The standard InChI is InChI=1S/C17H10Cl2N2O2S/c18-10-5-6-15(12(19)7-10)23-9-14(22)11(8-20)17-21-13-3-1-2-4-16(13)24-17/h1-7,22H,9H2. The quantitative estimate of drug-likeness (QED) is 0.483. The molecule has 0 aliphatic rings. The van der Waals surface area contributed by atoms with E-state index in [2.05, 4.69) is 4.98 Å². The molecule has 0 saturated heterocycles. The van der Waals surface area contributed by atoms with Crippen molar-refractivity contribution < 1.29 is 9.84 Å². The molecule has 0 atom stereocenters. The van der Waals surface area contributed by atoms with Crippen LogP contribution in [0, 0.1) is 11.3 Å². The molecule has 24 heavy (non-hydrogen) atoms. The molecule has 0 unspecified atom stereocenters. The molecule has 120 valence electrons. The van der Waals surface area contributed by atoms with Gasteiger partial charge in [-0.3, -0.25) is 0 Å². The monoisotopic (exact) mass is 376 g/mol. The van der Waals surface area contributed by atoms with Crippen molar-refractivity contribution in [3.8, 4) is 11.8 Å². The number of aliphatic hydroxyl groups is 1. The number of ether oxygens (including phenoxy) is 1. The van der Waals surface area contributed by atoms with Gasteiger partial charge in [0.1, 0.15) is 29.0 Å². The molecule has 7 heteroatoms. The highest BCUT2D eigenvalue weighted by molar-refractivity contribution is 7.19. The zero-order chi connectivity index (χ0) is 17.1. The molecule has 1 heterocycles. The summed E-state index contributed by atoms with van der Waals surface area (Å²) in [6.07, 6.45) is 0. The third kappa shape index (κ3) is 3.46. The van der Waals surface area contributed by atoms with Gasteiger partial charge in [-0.25, -0.2) is 4.98 Å². The Balaban J connectivity index is 1.86. The van der Waals surface area contributed by atoms with Crippen molar-refractivity contribution in [3.63, 3.8) is 0 Å². The zero-order valence-corrected chi connectivity index (χ0v) is 14.5. The number of benzene rings is 2. The smallest absolute Gasteiger partial charge is 0.151 e. The third-order valence-corrected chi connectivity index (χ3v) is 4.75. The number of nitrogens with zero attached hydrogens (tertiary/aromatic N) is 2. The molecule has 2 aromatic carbocycles. The van der Waals surface area contributed by atoms with Crippen LogP contribution in [0.3, 0.4) is 0 Å². The van der Waals surface area contributed by atoms with E-state index < -0.39 is 0 Å². The molecule has 0 aliphatic heterocycles. The maximum absolute atomic E-state index is 10.2. The average Bonchev–Trinajstić information content (AvgIpc) is 2.98. The second kappa shape index (κ2) is 7.10. The highest BCUT2D eigenvalue weighted by Crippen LogP contribution is 2.30. The van der Waals surface area contributed by atoms with E-state index in [1.807, 2.05) is 30.3 Å². The summed E-state index contributed by atoms with van der Waals surface area (Å²) in [5.74, 6) is 0.164. The molecular weight excluding hydrogens is 367 g/mol. The number of halogens is 2. The van der Waals surface area contributed by atoms with E-state index in [9.17, 15) is 10.4 Å². The number of allylic oxidation sites excluding steroid dienone is 1. The minimum Gasteiger partial charge on any atom is -0.507 e. The van der Waals surface area contributed by atoms with E-state index in [4.69, 9.17) is 27.9 Å². The Hall–Kier alpha value is -2.26. The summed E-state index contributed by atoms with van der Waals surface area (Å²) in [5.41, 5.74) is 0.862. The lowest BCUT2D eigenvalue weighted by molar-refractivity contribution is 0.273. The van der Waals surface area contributed by atoms with Crippen molar-refractivity contribution in [3.05, 3.63) is 63.3 Å². The molecule has 0 radical (unpaired) electrons. The molecule has 3 aromatic rings. The maximum Gasteiger partial charge on any atom is 0.151 e. The second-order valence-electron chi connectivity index (χ2n) is 4.78. The summed E-state index contributed by atoms with van der Waals surface area (Å²) in [7, 11) is 0. The Morgan fingerprint density at radius 2 is 2.04 bits per heavy atom. The van der Waals surface area contributed by atoms with Crippen molar-refractivity contribution in [2.24, 2.45) is 0 Å². The molecule has 0 bridgehead atoms. The minimum absolute atomic E-state index is 0.0845. The summed E-state index contributed by atoms with van der Waals surface area (Å²) in [6, 6.07) is 14.3. The van der Waals surface area contributed by atoms with Crippen molar-refractivity contribution in [2.45, 2.75) is 0 Å². The predicted molar refractivity (Wildman–Crippen MR) is 96.7 cm³/mol. The molecule has 0 saturated carbocycles. The lowest BCUT2D eigenvalue weighted by Gasteiger charge is -2.08. The van der Waals surface area contributed by atoms with Crippen LogP contribution in [0.4, 0.5) is 0 Å². The van der Waals surface area contributed by atoms with Gasteiger partial charge in [0.15, 0.2) is 5.76 Å². The van der Waals surface area contributed by atoms with Crippen LogP contribution >= 0.6 is 34.5 Å². The van der Waals surface area contributed by atoms with Crippen LogP contribution in [0.2, 0.25) is 10.0 Å². The number of thiazole rings is 1. The summed E-state index contributed by atoms with van der Waals surface area (Å²) < 4.78 is 6.40. The number of aromatic nitrogens is 1. The molecule has 0 fully saturated rings. The first kappa shape index (κ1) is 16.6. The minimum atomic E-state index is -0.206. The van der Waals surface area contributed by atoms with Crippen LogP contribution < -0.4 is 4.74 Å². The summed E-state index contributed by atoms with van der Waals surface area (Å²) in [6.45, 7) is -0.194. The average molecular weight is 377 g/mol. The summed E-state index contributed by atoms with van der Waals surface area (Å²) in [5, 5.41) is 20.8. The van der Waals surface area contributed by atoms with Gasteiger partial charge in [-0.15, -0.1) is 11.3 Å². The van der Waals surface area contributed by atoms with Gasteiger partial charge in [0.05, 0.1) is 15.2 Å². The number of hydrogen-bond acceptors (Lipinski definition) is 5. The van der Waals surface area contributed by atoms with Crippen LogP contribution in [0.25, 0.3) is 15.8 Å². The molecule has 3 rings (SSSR count). The predicted octanol–water partition coefficient (Wildman–Crippen LogP) is 5.47. The Labute approximate surface area is 152 Å². The SMILES string of the molecule is N#CC(=C(O)COc1ccc(Cl)cc1Cl)c1nc2ccccc2s1. The fourth-order valence-corrected chi connectivity index (χ4v) is 3.47. The Kier molecular flexibility index (Phi) is 4.91. The third-order valence-electron chi connectivity index (χ3n) is 3.17. The number of rotatable bonds is 4. The number of nitriles is 1. The van der Waals surface area contributed by atoms with Crippen molar-refractivity contribution in [2.75, 3.05) is 6.61 Å². The van der Waals surface area contributed by atoms with Crippen LogP contribution in [-0.2, 0) is 0 Å². The maximum atomic E-state index is 10.2. The first-order valence-electron chi connectivity index (χ1n) is 6.84. The van der Waals surface area contributed by atoms with E-state index in [1.165, 1.54) is 17.4 Å². The topological polar surface area (TPSA) is 66.1 Å². The lowest BCUT2D eigenvalue weighted by Crippen LogP contribution is -2.03. The fourth-order valence-electron chi connectivity index (χ4n) is 2.03. The molecular formula is C17H10Cl2N2O2S. The molecule has 0 aliphatic carbocycles. The van der Waals surface area contributed by atoms with Gasteiger partial charge >= 0.3 is 0 Å². The number of para-hydroxylation sites is 1. The van der Waals surface area contributed by atoms with Crippen LogP contribution in [0.5, 0.6) is 5.75 Å². The van der Waals surface area contributed by atoms with Gasteiger partial charge in [-0.1, -0.05) is 35.3 Å². The molecule has 0 spiro atoms. The number of hydrogen-bond donors (Lipinski definition) is 1. The number of aliphatic hydroxyl groups excluding tert-OH is 1. The summed E-state index contributed by atoms with van der Waals surface area (Å²) >= 11 is 13.2. The molecule has 0 amide bonds.